The first kappa shape index (κ1) is 31.2. The van der Waals surface area contributed by atoms with Crippen LogP contribution >= 0.6 is 7.92 Å². The SMILES string of the molecule is Cn1cc(C(c2ccccc2)c2ccccc2P(c2ccccc2)c2ccccc2)c2ccccc21.O=S(=O)(O)C(F)(F)F. The van der Waals surface area contributed by atoms with E-state index in [1.807, 2.05) is 0 Å². The lowest BCUT2D eigenvalue weighted by atomic mass is 9.85. The quantitative estimate of drug-likeness (QED) is 0.118. The normalized spacial score (nSPS) is 12.5. The van der Waals surface area contributed by atoms with E-state index in [9.17, 15) is 13.2 Å². The van der Waals surface area contributed by atoms with E-state index in [-0.39, 0.29) is 5.92 Å². The summed E-state index contributed by atoms with van der Waals surface area (Å²) in [5, 5.41) is 5.46. The monoisotopic (exact) mass is 631 g/mol. The standard InChI is InChI=1S/C34H28NP.CHF3O3S/c1-35-25-31(29-21-11-13-23-32(29)35)34(26-15-5-2-6-16-26)30-22-12-14-24-33(30)36(27-17-7-3-8-18-27)28-19-9-4-10-20-28;2-1(3,4)8(5,6)7/h2-25,34H,1H3;(H,5,6,7). The van der Waals surface area contributed by atoms with Gasteiger partial charge in [-0.3, -0.25) is 4.55 Å². The second-order valence-corrected chi connectivity index (χ2v) is 13.6. The lowest BCUT2D eigenvalue weighted by molar-refractivity contribution is -0.0510. The Bertz CT molecular complexity index is 1910. The highest BCUT2D eigenvalue weighted by Crippen LogP contribution is 2.41. The molecule has 0 fully saturated rings. The maximum absolute atomic E-state index is 10.7. The summed E-state index contributed by atoms with van der Waals surface area (Å²) in [6.45, 7) is 0. The molecule has 44 heavy (non-hydrogen) atoms. The number of benzene rings is 5. The predicted molar refractivity (Wildman–Crippen MR) is 173 cm³/mol. The van der Waals surface area contributed by atoms with E-state index in [1.165, 1.54) is 43.5 Å². The largest absolute Gasteiger partial charge is 0.522 e. The van der Waals surface area contributed by atoms with Gasteiger partial charge in [-0.25, -0.2) is 0 Å². The topological polar surface area (TPSA) is 59.3 Å². The van der Waals surface area contributed by atoms with Gasteiger partial charge in [-0.2, -0.15) is 21.6 Å². The van der Waals surface area contributed by atoms with Gasteiger partial charge in [-0.1, -0.05) is 133 Å². The van der Waals surface area contributed by atoms with Crippen molar-refractivity contribution >= 4 is 44.9 Å². The van der Waals surface area contributed by atoms with Crippen molar-refractivity contribution in [2.45, 2.75) is 11.4 Å². The fraction of sp³-hybridized carbons (Fsp3) is 0.0857. The third kappa shape index (κ3) is 6.78. The second-order valence-electron chi connectivity index (χ2n) is 10.0. The van der Waals surface area contributed by atoms with Crippen LogP contribution in [0.5, 0.6) is 0 Å². The van der Waals surface area contributed by atoms with E-state index in [0.717, 1.165) is 0 Å². The first-order valence-corrected chi connectivity index (χ1v) is 16.5. The van der Waals surface area contributed by atoms with E-state index in [2.05, 4.69) is 157 Å². The van der Waals surface area contributed by atoms with Crippen LogP contribution in [-0.4, -0.2) is 23.0 Å². The van der Waals surface area contributed by atoms with Gasteiger partial charge in [0.1, 0.15) is 0 Å². The molecule has 1 unspecified atom stereocenters. The van der Waals surface area contributed by atoms with Gasteiger partial charge in [0, 0.05) is 30.1 Å². The molecule has 0 aliphatic carbocycles. The molecule has 0 saturated heterocycles. The van der Waals surface area contributed by atoms with Crippen LogP contribution in [0.4, 0.5) is 13.2 Å². The van der Waals surface area contributed by atoms with Crippen molar-refractivity contribution in [3.05, 3.63) is 162 Å². The zero-order valence-electron chi connectivity index (χ0n) is 23.6. The lowest BCUT2D eigenvalue weighted by Crippen LogP contribution is -2.25. The molecule has 9 heteroatoms. The van der Waals surface area contributed by atoms with Crippen molar-refractivity contribution in [3.63, 3.8) is 0 Å². The second kappa shape index (κ2) is 13.2. The minimum Gasteiger partial charge on any atom is -0.350 e. The molecule has 0 amide bonds. The number of rotatable bonds is 6. The maximum atomic E-state index is 10.7. The Kier molecular flexibility index (Phi) is 9.35. The molecule has 0 radical (unpaired) electrons. The first-order chi connectivity index (χ1) is 21.1. The summed E-state index contributed by atoms with van der Waals surface area (Å²) in [7, 11) is -4.41. The Morgan fingerprint density at radius 1 is 0.659 bits per heavy atom. The molecule has 0 bridgehead atoms. The summed E-state index contributed by atoms with van der Waals surface area (Å²) >= 11 is 0. The molecule has 0 spiro atoms. The van der Waals surface area contributed by atoms with Crippen LogP contribution in [0.15, 0.2) is 146 Å². The molecule has 1 atom stereocenters. The molecule has 1 aromatic heterocycles. The van der Waals surface area contributed by atoms with E-state index in [1.54, 1.807) is 0 Å². The Hall–Kier alpha value is -4.23. The van der Waals surface area contributed by atoms with Crippen LogP contribution in [0, 0.1) is 0 Å². The molecular formula is C35H29F3NO3PS. The third-order valence-electron chi connectivity index (χ3n) is 7.18. The lowest BCUT2D eigenvalue weighted by Gasteiger charge is -2.27. The fourth-order valence-electron chi connectivity index (χ4n) is 5.29. The minimum absolute atomic E-state index is 0.130. The number of aromatic nitrogens is 1. The highest BCUT2D eigenvalue weighted by molar-refractivity contribution is 7.86. The van der Waals surface area contributed by atoms with Gasteiger partial charge in [-0.05, 0) is 46.6 Å². The first-order valence-electron chi connectivity index (χ1n) is 13.7. The molecule has 0 saturated carbocycles. The van der Waals surface area contributed by atoms with E-state index < -0.39 is 23.5 Å². The maximum Gasteiger partial charge on any atom is 0.522 e. The third-order valence-corrected chi connectivity index (χ3v) is 10.3. The van der Waals surface area contributed by atoms with Gasteiger partial charge in [0.2, 0.25) is 0 Å². The van der Waals surface area contributed by atoms with Crippen LogP contribution in [0.25, 0.3) is 10.9 Å². The average molecular weight is 632 g/mol. The average Bonchev–Trinajstić information content (AvgIpc) is 3.35. The molecule has 4 nitrogen and oxygen atoms in total. The summed E-state index contributed by atoms with van der Waals surface area (Å²) in [4.78, 5) is 0. The van der Waals surface area contributed by atoms with Gasteiger partial charge in [0.25, 0.3) is 0 Å². The van der Waals surface area contributed by atoms with Crippen LogP contribution in [0.2, 0.25) is 0 Å². The number of alkyl halides is 3. The molecule has 224 valence electrons. The molecule has 6 rings (SSSR count). The Balaban J connectivity index is 0.000000426. The van der Waals surface area contributed by atoms with Crippen molar-refractivity contribution < 1.29 is 26.1 Å². The molecule has 0 aliphatic rings. The Morgan fingerprint density at radius 2 is 1.11 bits per heavy atom. The minimum atomic E-state index is -5.84. The van der Waals surface area contributed by atoms with Crippen molar-refractivity contribution in [2.75, 3.05) is 0 Å². The summed E-state index contributed by atoms with van der Waals surface area (Å²) < 4.78 is 59.8. The number of para-hydroxylation sites is 1. The number of fused-ring (bicyclic) bond motifs is 1. The molecule has 1 heterocycles. The zero-order valence-corrected chi connectivity index (χ0v) is 25.3. The number of hydrogen-bond donors (Lipinski definition) is 1. The molecule has 0 aliphatic heterocycles. The highest BCUT2D eigenvalue weighted by atomic mass is 32.2. The summed E-state index contributed by atoms with van der Waals surface area (Å²) in [6, 6.07) is 50.8. The molecule has 6 aromatic rings. The molecule has 1 N–H and O–H groups in total. The predicted octanol–water partition coefficient (Wildman–Crippen LogP) is 7.51. The van der Waals surface area contributed by atoms with Gasteiger partial charge < -0.3 is 4.57 Å². The number of nitrogens with zero attached hydrogens (tertiary/aromatic N) is 1. The van der Waals surface area contributed by atoms with Gasteiger partial charge in [-0.15, -0.1) is 0 Å². The van der Waals surface area contributed by atoms with Crippen molar-refractivity contribution in [3.8, 4) is 0 Å². The smallest absolute Gasteiger partial charge is 0.350 e. The van der Waals surface area contributed by atoms with Crippen LogP contribution in [0.1, 0.15) is 22.6 Å². The van der Waals surface area contributed by atoms with Crippen molar-refractivity contribution in [2.24, 2.45) is 7.05 Å². The van der Waals surface area contributed by atoms with Crippen LogP contribution in [-0.2, 0) is 17.2 Å². The molecular weight excluding hydrogens is 602 g/mol. The zero-order chi connectivity index (χ0) is 31.3. The summed E-state index contributed by atoms with van der Waals surface area (Å²) in [6.07, 6.45) is 2.33. The fourth-order valence-corrected chi connectivity index (χ4v) is 7.78. The van der Waals surface area contributed by atoms with Gasteiger partial charge >= 0.3 is 15.6 Å². The van der Waals surface area contributed by atoms with E-state index in [4.69, 9.17) is 13.0 Å². The summed E-state index contributed by atoms with van der Waals surface area (Å²) in [5.41, 5.74) is -0.231. The van der Waals surface area contributed by atoms with Gasteiger partial charge in [0.15, 0.2) is 0 Å². The van der Waals surface area contributed by atoms with Crippen molar-refractivity contribution in [1.29, 1.82) is 0 Å². The highest BCUT2D eigenvalue weighted by Gasteiger charge is 2.44. The van der Waals surface area contributed by atoms with Crippen LogP contribution in [0.3, 0.4) is 0 Å². The van der Waals surface area contributed by atoms with Crippen LogP contribution < -0.4 is 15.9 Å². The number of hydrogen-bond acceptors (Lipinski definition) is 2. The number of halogens is 3. The number of aryl methyl sites for hydroxylation is 1. The van der Waals surface area contributed by atoms with Gasteiger partial charge in [0.05, 0.1) is 0 Å². The molecule has 5 aromatic carbocycles. The Labute approximate surface area is 255 Å². The van der Waals surface area contributed by atoms with E-state index >= 15 is 0 Å². The summed E-state index contributed by atoms with van der Waals surface area (Å²) in [5.74, 6) is 0.130. The van der Waals surface area contributed by atoms with E-state index in [0.29, 0.717) is 0 Å². The van der Waals surface area contributed by atoms with Crippen molar-refractivity contribution in [1.82, 2.24) is 4.57 Å². The Morgan fingerprint density at radius 3 is 1.66 bits per heavy atom.